The molecule has 1 saturated heterocycles. The quantitative estimate of drug-likeness (QED) is 0.603. The fourth-order valence-corrected chi connectivity index (χ4v) is 2.21. The molecule has 0 radical (unpaired) electrons. The predicted molar refractivity (Wildman–Crippen MR) is 52.2 cm³/mol. The summed E-state index contributed by atoms with van der Waals surface area (Å²) in [5, 5.41) is 0. The maximum atomic E-state index is 11.8. The van der Waals surface area contributed by atoms with Gasteiger partial charge in [-0.25, -0.2) is 0 Å². The van der Waals surface area contributed by atoms with Crippen molar-refractivity contribution >= 4 is 5.91 Å². The standard InChI is InChI=1S/C11H19NO/c1-7-4-10(7)11(13)12-5-8(2)9(3)6-12/h7-10H,4-6H2,1-3H3/t7-,8?,9?,10-/m1/s1. The molecule has 2 unspecified atom stereocenters. The van der Waals surface area contributed by atoms with Gasteiger partial charge in [0.05, 0.1) is 0 Å². The molecule has 1 saturated carbocycles. The molecule has 1 aliphatic heterocycles. The van der Waals surface area contributed by atoms with E-state index in [4.69, 9.17) is 0 Å². The van der Waals surface area contributed by atoms with E-state index in [1.54, 1.807) is 0 Å². The molecule has 2 nitrogen and oxygen atoms in total. The summed E-state index contributed by atoms with van der Waals surface area (Å²) in [6.07, 6.45) is 1.12. The van der Waals surface area contributed by atoms with E-state index in [-0.39, 0.29) is 0 Å². The Morgan fingerprint density at radius 2 is 1.54 bits per heavy atom. The molecule has 0 aromatic carbocycles. The zero-order chi connectivity index (χ0) is 9.59. The Labute approximate surface area is 80.3 Å². The van der Waals surface area contributed by atoms with Crippen LogP contribution >= 0.6 is 0 Å². The van der Waals surface area contributed by atoms with Crippen molar-refractivity contribution < 1.29 is 4.79 Å². The van der Waals surface area contributed by atoms with E-state index in [2.05, 4.69) is 25.7 Å². The van der Waals surface area contributed by atoms with Gasteiger partial charge in [0.1, 0.15) is 0 Å². The molecule has 2 aliphatic rings. The molecule has 74 valence electrons. The molecule has 1 heterocycles. The molecule has 13 heavy (non-hydrogen) atoms. The largest absolute Gasteiger partial charge is 0.342 e. The number of nitrogens with zero attached hydrogens (tertiary/aromatic N) is 1. The molecule has 1 amide bonds. The average molecular weight is 181 g/mol. The lowest BCUT2D eigenvalue weighted by molar-refractivity contribution is -0.132. The number of hydrogen-bond acceptors (Lipinski definition) is 1. The van der Waals surface area contributed by atoms with Gasteiger partial charge < -0.3 is 4.90 Å². The van der Waals surface area contributed by atoms with Crippen molar-refractivity contribution in [3.8, 4) is 0 Å². The van der Waals surface area contributed by atoms with Crippen LogP contribution in [0.5, 0.6) is 0 Å². The Bertz CT molecular complexity index is 216. The van der Waals surface area contributed by atoms with Crippen molar-refractivity contribution in [2.45, 2.75) is 27.2 Å². The molecule has 0 spiro atoms. The Morgan fingerprint density at radius 1 is 1.08 bits per heavy atom. The number of carbonyl (C=O) groups is 1. The summed E-state index contributed by atoms with van der Waals surface area (Å²) in [6.45, 7) is 8.64. The van der Waals surface area contributed by atoms with Crippen LogP contribution in [0.15, 0.2) is 0 Å². The number of carbonyl (C=O) groups excluding carboxylic acids is 1. The van der Waals surface area contributed by atoms with Gasteiger partial charge in [0.2, 0.25) is 5.91 Å². The van der Waals surface area contributed by atoms with Gasteiger partial charge in [0.15, 0.2) is 0 Å². The van der Waals surface area contributed by atoms with Crippen LogP contribution in [0.4, 0.5) is 0 Å². The second kappa shape index (κ2) is 3.00. The molecule has 0 aromatic rings. The van der Waals surface area contributed by atoms with E-state index >= 15 is 0 Å². The maximum absolute atomic E-state index is 11.8. The summed E-state index contributed by atoms with van der Waals surface area (Å²) < 4.78 is 0. The van der Waals surface area contributed by atoms with Crippen molar-refractivity contribution in [3.63, 3.8) is 0 Å². The lowest BCUT2D eigenvalue weighted by Gasteiger charge is -2.15. The highest BCUT2D eigenvalue weighted by Gasteiger charge is 2.43. The maximum Gasteiger partial charge on any atom is 0.225 e. The molecule has 2 heteroatoms. The van der Waals surface area contributed by atoms with Gasteiger partial charge >= 0.3 is 0 Å². The Hall–Kier alpha value is -0.530. The lowest BCUT2D eigenvalue weighted by atomic mass is 10.0. The number of hydrogen-bond donors (Lipinski definition) is 0. The van der Waals surface area contributed by atoms with Crippen molar-refractivity contribution in [3.05, 3.63) is 0 Å². The highest BCUT2D eigenvalue weighted by molar-refractivity contribution is 5.81. The first-order valence-electron chi connectivity index (χ1n) is 5.38. The first kappa shape index (κ1) is 9.04. The Balaban J connectivity index is 1.92. The van der Waals surface area contributed by atoms with E-state index in [9.17, 15) is 4.79 Å². The lowest BCUT2D eigenvalue weighted by Crippen LogP contribution is -2.30. The number of rotatable bonds is 1. The Kier molecular flexibility index (Phi) is 2.09. The van der Waals surface area contributed by atoms with Gasteiger partial charge in [-0.15, -0.1) is 0 Å². The Morgan fingerprint density at radius 3 is 1.92 bits per heavy atom. The van der Waals surface area contributed by atoms with Crippen molar-refractivity contribution in [2.24, 2.45) is 23.7 Å². The fraction of sp³-hybridized carbons (Fsp3) is 0.909. The highest BCUT2D eigenvalue weighted by Crippen LogP contribution is 2.40. The van der Waals surface area contributed by atoms with Gasteiger partial charge in [0.25, 0.3) is 0 Å². The summed E-state index contributed by atoms with van der Waals surface area (Å²) in [4.78, 5) is 13.9. The predicted octanol–water partition coefficient (Wildman–Crippen LogP) is 1.76. The summed E-state index contributed by atoms with van der Waals surface area (Å²) in [6, 6.07) is 0. The zero-order valence-electron chi connectivity index (χ0n) is 8.79. The molecule has 0 bridgehead atoms. The summed E-state index contributed by atoms with van der Waals surface area (Å²) >= 11 is 0. The minimum Gasteiger partial charge on any atom is -0.342 e. The van der Waals surface area contributed by atoms with Gasteiger partial charge in [-0.2, -0.15) is 0 Å². The first-order valence-corrected chi connectivity index (χ1v) is 5.38. The van der Waals surface area contributed by atoms with Crippen LogP contribution in [0.2, 0.25) is 0 Å². The van der Waals surface area contributed by atoms with E-state index < -0.39 is 0 Å². The number of amides is 1. The van der Waals surface area contributed by atoms with Crippen molar-refractivity contribution in [1.29, 1.82) is 0 Å². The highest BCUT2D eigenvalue weighted by atomic mass is 16.2. The molecular weight excluding hydrogens is 162 g/mol. The van der Waals surface area contributed by atoms with Crippen LogP contribution in [0.3, 0.4) is 0 Å². The van der Waals surface area contributed by atoms with E-state index in [1.165, 1.54) is 0 Å². The van der Waals surface area contributed by atoms with Crippen LogP contribution in [0, 0.1) is 23.7 Å². The summed E-state index contributed by atoms with van der Waals surface area (Å²) in [5.74, 6) is 2.83. The average Bonchev–Trinajstić information content (AvgIpc) is 2.70. The monoisotopic (exact) mass is 181 g/mol. The molecule has 2 fully saturated rings. The SMILES string of the molecule is CC1CN(C(=O)[C@@H]2C[C@H]2C)CC1C. The third kappa shape index (κ3) is 1.59. The first-order chi connectivity index (χ1) is 6.09. The zero-order valence-corrected chi connectivity index (χ0v) is 8.79. The smallest absolute Gasteiger partial charge is 0.225 e. The second-order valence-electron chi connectivity index (χ2n) is 5.02. The minimum absolute atomic E-state index is 0.373. The van der Waals surface area contributed by atoms with Crippen LogP contribution in [0.1, 0.15) is 27.2 Å². The van der Waals surface area contributed by atoms with E-state index in [0.717, 1.165) is 19.5 Å². The molecule has 1 aliphatic carbocycles. The normalized spacial score (nSPS) is 43.8. The molecular formula is C11H19NO. The molecule has 2 rings (SSSR count). The molecule has 0 aromatic heterocycles. The summed E-state index contributed by atoms with van der Waals surface area (Å²) in [5.41, 5.74) is 0. The van der Waals surface area contributed by atoms with Crippen molar-refractivity contribution in [2.75, 3.05) is 13.1 Å². The van der Waals surface area contributed by atoms with Gasteiger partial charge in [-0.3, -0.25) is 4.79 Å². The molecule has 0 N–H and O–H groups in total. The second-order valence-corrected chi connectivity index (χ2v) is 5.02. The van der Waals surface area contributed by atoms with Gasteiger partial charge in [-0.05, 0) is 24.2 Å². The van der Waals surface area contributed by atoms with Gasteiger partial charge in [-0.1, -0.05) is 20.8 Å². The van der Waals surface area contributed by atoms with E-state index in [0.29, 0.717) is 29.6 Å². The van der Waals surface area contributed by atoms with Crippen LogP contribution in [0.25, 0.3) is 0 Å². The topological polar surface area (TPSA) is 20.3 Å². The summed E-state index contributed by atoms with van der Waals surface area (Å²) in [7, 11) is 0. The minimum atomic E-state index is 0.373. The van der Waals surface area contributed by atoms with E-state index in [1.807, 2.05) is 0 Å². The van der Waals surface area contributed by atoms with Crippen molar-refractivity contribution in [1.82, 2.24) is 4.90 Å². The number of likely N-dealkylation sites (tertiary alicyclic amines) is 1. The van der Waals surface area contributed by atoms with Crippen LogP contribution in [-0.4, -0.2) is 23.9 Å². The third-order valence-electron chi connectivity index (χ3n) is 3.73. The third-order valence-corrected chi connectivity index (χ3v) is 3.73. The fourth-order valence-electron chi connectivity index (χ4n) is 2.21. The van der Waals surface area contributed by atoms with Gasteiger partial charge in [0, 0.05) is 19.0 Å². The van der Waals surface area contributed by atoms with Crippen LogP contribution in [-0.2, 0) is 4.79 Å². The van der Waals surface area contributed by atoms with Crippen LogP contribution < -0.4 is 0 Å². The molecule has 4 atom stereocenters.